The molecule has 2 aromatic heterocycles. The maximum atomic E-state index is 2.46. The lowest BCUT2D eigenvalue weighted by atomic mass is 9.93. The standard InChI is InChI=1S/C60H40N2/c1-5-16-41(17-6-1)45-24-15-25-51(37-45)61-57-27-14-13-26-53(57)56-40-52(30-33-60(56)61)62-58-31-28-46(42-18-7-2-8-19-42)38-54(58)55-39-47(29-32-59(55)62)50-35-48(43-20-9-3-10-21-43)34-49(36-50)44-22-11-4-12-23-44/h1-40H. The summed E-state index contributed by atoms with van der Waals surface area (Å²) < 4.78 is 4.87. The average Bonchev–Trinajstić information content (AvgIpc) is 3.86. The van der Waals surface area contributed by atoms with E-state index in [1.165, 1.54) is 99.2 Å². The van der Waals surface area contributed by atoms with Gasteiger partial charge in [0.15, 0.2) is 0 Å². The highest BCUT2D eigenvalue weighted by atomic mass is 15.0. The molecule has 0 fully saturated rings. The molecule has 0 unspecified atom stereocenters. The molecule has 0 aliphatic rings. The highest BCUT2D eigenvalue weighted by molar-refractivity contribution is 6.13. The third kappa shape index (κ3) is 6.12. The fourth-order valence-electron chi connectivity index (χ4n) is 9.51. The second kappa shape index (κ2) is 14.8. The number of aromatic nitrogens is 2. The smallest absolute Gasteiger partial charge is 0.0542 e. The van der Waals surface area contributed by atoms with E-state index in [1.54, 1.807) is 0 Å². The zero-order chi connectivity index (χ0) is 41.0. The van der Waals surface area contributed by atoms with Crippen LogP contribution in [0, 0.1) is 0 Å². The minimum absolute atomic E-state index is 1.14. The largest absolute Gasteiger partial charge is 0.309 e. The summed E-state index contributed by atoms with van der Waals surface area (Å²) in [5.41, 5.74) is 19.0. The topological polar surface area (TPSA) is 9.86 Å². The van der Waals surface area contributed by atoms with E-state index < -0.39 is 0 Å². The molecule has 0 aliphatic carbocycles. The molecule has 12 aromatic rings. The van der Waals surface area contributed by atoms with Crippen molar-refractivity contribution >= 4 is 43.6 Å². The van der Waals surface area contributed by atoms with Crippen LogP contribution in [0.25, 0.3) is 111 Å². The van der Waals surface area contributed by atoms with Crippen molar-refractivity contribution in [3.63, 3.8) is 0 Å². The minimum atomic E-state index is 1.14. The van der Waals surface area contributed by atoms with Gasteiger partial charge in [-0.05, 0) is 134 Å². The Balaban J connectivity index is 1.07. The van der Waals surface area contributed by atoms with Crippen LogP contribution in [0.1, 0.15) is 0 Å². The number of para-hydroxylation sites is 1. The molecule has 290 valence electrons. The van der Waals surface area contributed by atoms with Crippen molar-refractivity contribution in [3.8, 4) is 67.0 Å². The van der Waals surface area contributed by atoms with Crippen LogP contribution in [0.2, 0.25) is 0 Å². The van der Waals surface area contributed by atoms with Gasteiger partial charge in [0, 0.05) is 32.9 Å². The first-order valence-corrected chi connectivity index (χ1v) is 21.3. The van der Waals surface area contributed by atoms with Gasteiger partial charge in [0.05, 0.1) is 22.1 Å². The van der Waals surface area contributed by atoms with Crippen LogP contribution in [0.4, 0.5) is 0 Å². The number of rotatable bonds is 7. The molecule has 10 aromatic carbocycles. The number of fused-ring (bicyclic) bond motifs is 6. The van der Waals surface area contributed by atoms with Gasteiger partial charge < -0.3 is 9.13 Å². The molecule has 0 saturated heterocycles. The monoisotopic (exact) mass is 788 g/mol. The van der Waals surface area contributed by atoms with Crippen molar-refractivity contribution in [2.45, 2.75) is 0 Å². The Morgan fingerprint density at radius 1 is 0.177 bits per heavy atom. The Morgan fingerprint density at radius 2 is 0.532 bits per heavy atom. The fraction of sp³-hybridized carbons (Fsp3) is 0. The molecule has 0 N–H and O–H groups in total. The Kier molecular flexibility index (Phi) is 8.53. The van der Waals surface area contributed by atoms with Crippen LogP contribution in [-0.4, -0.2) is 9.13 Å². The van der Waals surface area contributed by atoms with Crippen molar-refractivity contribution in [3.05, 3.63) is 243 Å². The normalized spacial score (nSPS) is 11.5. The summed E-state index contributed by atoms with van der Waals surface area (Å²) in [5, 5.41) is 4.91. The Morgan fingerprint density at radius 3 is 1.06 bits per heavy atom. The zero-order valence-electron chi connectivity index (χ0n) is 34.0. The van der Waals surface area contributed by atoms with Gasteiger partial charge in [-0.25, -0.2) is 0 Å². The number of benzene rings is 10. The third-order valence-electron chi connectivity index (χ3n) is 12.5. The van der Waals surface area contributed by atoms with Crippen LogP contribution in [0.3, 0.4) is 0 Å². The zero-order valence-corrected chi connectivity index (χ0v) is 34.0. The van der Waals surface area contributed by atoms with Crippen LogP contribution in [0.15, 0.2) is 243 Å². The molecule has 0 spiro atoms. The maximum Gasteiger partial charge on any atom is 0.0542 e. The molecular formula is C60H40N2. The molecular weight excluding hydrogens is 749 g/mol. The molecule has 62 heavy (non-hydrogen) atoms. The quantitative estimate of drug-likeness (QED) is 0.152. The molecule has 0 bridgehead atoms. The van der Waals surface area contributed by atoms with Gasteiger partial charge >= 0.3 is 0 Å². The summed E-state index contributed by atoms with van der Waals surface area (Å²) in [6.45, 7) is 0. The maximum absolute atomic E-state index is 2.46. The highest BCUT2D eigenvalue weighted by Gasteiger charge is 2.19. The lowest BCUT2D eigenvalue weighted by Gasteiger charge is -2.13. The van der Waals surface area contributed by atoms with E-state index in [1.807, 2.05) is 0 Å². The van der Waals surface area contributed by atoms with Gasteiger partial charge in [0.1, 0.15) is 0 Å². The number of hydrogen-bond donors (Lipinski definition) is 0. The summed E-state index contributed by atoms with van der Waals surface area (Å²) in [6, 6.07) is 88.5. The molecule has 2 heterocycles. The third-order valence-corrected chi connectivity index (χ3v) is 12.5. The number of hydrogen-bond acceptors (Lipinski definition) is 0. The van der Waals surface area contributed by atoms with Crippen LogP contribution >= 0.6 is 0 Å². The van der Waals surface area contributed by atoms with Crippen molar-refractivity contribution in [1.82, 2.24) is 9.13 Å². The Hall–Kier alpha value is -8.20. The van der Waals surface area contributed by atoms with Crippen LogP contribution in [0.5, 0.6) is 0 Å². The summed E-state index contributed by atoms with van der Waals surface area (Å²) in [6.07, 6.45) is 0. The molecule has 2 heteroatoms. The van der Waals surface area contributed by atoms with Gasteiger partial charge in [-0.15, -0.1) is 0 Å². The first-order chi connectivity index (χ1) is 30.7. The molecule has 0 radical (unpaired) electrons. The van der Waals surface area contributed by atoms with Gasteiger partial charge in [0.2, 0.25) is 0 Å². The molecule has 2 nitrogen and oxygen atoms in total. The lowest BCUT2D eigenvalue weighted by molar-refractivity contribution is 1.17. The molecule has 0 aliphatic heterocycles. The van der Waals surface area contributed by atoms with Gasteiger partial charge in [-0.2, -0.15) is 0 Å². The first kappa shape index (κ1) is 35.7. The number of nitrogens with zero attached hydrogens (tertiary/aromatic N) is 2. The van der Waals surface area contributed by atoms with E-state index in [4.69, 9.17) is 0 Å². The van der Waals surface area contributed by atoms with Crippen molar-refractivity contribution in [2.75, 3.05) is 0 Å². The molecule has 0 atom stereocenters. The summed E-state index contributed by atoms with van der Waals surface area (Å²) in [5.74, 6) is 0. The first-order valence-electron chi connectivity index (χ1n) is 21.3. The van der Waals surface area contributed by atoms with Gasteiger partial charge in [0.25, 0.3) is 0 Å². The molecule has 0 saturated carbocycles. The lowest BCUT2D eigenvalue weighted by Crippen LogP contribution is -1.96. The second-order valence-electron chi connectivity index (χ2n) is 16.2. The fourth-order valence-corrected chi connectivity index (χ4v) is 9.51. The average molecular weight is 789 g/mol. The SMILES string of the molecule is c1ccc(-c2cc(-c3ccccc3)cc(-c3ccc4c(c3)c3cc(-c5ccccc5)ccc3n4-c3ccc4c(c3)c3ccccc3n4-c3cccc(-c4ccccc4)c3)c2)cc1. The van der Waals surface area contributed by atoms with Crippen molar-refractivity contribution in [2.24, 2.45) is 0 Å². The Bertz CT molecular complexity index is 3540. The van der Waals surface area contributed by atoms with Crippen LogP contribution < -0.4 is 0 Å². The van der Waals surface area contributed by atoms with Crippen molar-refractivity contribution in [1.29, 1.82) is 0 Å². The van der Waals surface area contributed by atoms with Crippen LogP contribution in [-0.2, 0) is 0 Å². The summed E-state index contributed by atoms with van der Waals surface area (Å²) >= 11 is 0. The summed E-state index contributed by atoms with van der Waals surface area (Å²) in [7, 11) is 0. The summed E-state index contributed by atoms with van der Waals surface area (Å²) in [4.78, 5) is 0. The highest BCUT2D eigenvalue weighted by Crippen LogP contribution is 2.41. The predicted molar refractivity (Wildman–Crippen MR) is 262 cm³/mol. The Labute approximate surface area is 360 Å². The minimum Gasteiger partial charge on any atom is -0.309 e. The van der Waals surface area contributed by atoms with Gasteiger partial charge in [-0.3, -0.25) is 0 Å². The van der Waals surface area contributed by atoms with E-state index in [0.29, 0.717) is 0 Å². The van der Waals surface area contributed by atoms with E-state index in [0.717, 1.165) is 11.4 Å². The van der Waals surface area contributed by atoms with E-state index >= 15 is 0 Å². The van der Waals surface area contributed by atoms with Gasteiger partial charge in [-0.1, -0.05) is 164 Å². The van der Waals surface area contributed by atoms with E-state index in [9.17, 15) is 0 Å². The van der Waals surface area contributed by atoms with E-state index in [2.05, 4.69) is 252 Å². The van der Waals surface area contributed by atoms with Crippen molar-refractivity contribution < 1.29 is 0 Å². The second-order valence-corrected chi connectivity index (χ2v) is 16.2. The predicted octanol–water partition coefficient (Wildman–Crippen LogP) is 16.2. The molecule has 0 amide bonds. The van der Waals surface area contributed by atoms with E-state index in [-0.39, 0.29) is 0 Å². The molecule has 12 rings (SSSR count).